The number of nitrogens with zero attached hydrogens (tertiary/aromatic N) is 1. The largest absolute Gasteiger partial charge is 0.315 e. The molecule has 2 unspecified atom stereocenters. The lowest BCUT2D eigenvalue weighted by atomic mass is 9.97. The first-order valence-electron chi connectivity index (χ1n) is 7.40. The van der Waals surface area contributed by atoms with Crippen molar-refractivity contribution in [1.29, 1.82) is 0 Å². The van der Waals surface area contributed by atoms with Gasteiger partial charge in [-0.2, -0.15) is 0 Å². The highest BCUT2D eigenvalue weighted by atomic mass is 15.2. The number of rotatable bonds is 9. The Labute approximate surface area is 109 Å². The fourth-order valence-corrected chi connectivity index (χ4v) is 2.74. The summed E-state index contributed by atoms with van der Waals surface area (Å²) in [7, 11) is 2.11. The van der Waals surface area contributed by atoms with E-state index in [0.29, 0.717) is 18.1 Å². The summed E-state index contributed by atoms with van der Waals surface area (Å²) in [5.74, 6) is 0.741. The maximum Gasteiger partial charge on any atom is 0.0249 e. The second kappa shape index (κ2) is 8.93. The van der Waals surface area contributed by atoms with Gasteiger partial charge in [0.15, 0.2) is 0 Å². The van der Waals surface area contributed by atoms with E-state index in [1.54, 1.807) is 0 Å². The topological polar surface area (TPSA) is 15.3 Å². The smallest absolute Gasteiger partial charge is 0.0249 e. The first-order valence-corrected chi connectivity index (χ1v) is 7.40. The summed E-state index contributed by atoms with van der Waals surface area (Å²) in [6.07, 6.45) is 3.77. The van der Waals surface area contributed by atoms with Gasteiger partial charge in [0.25, 0.3) is 0 Å². The SMILES string of the molecule is CCCC(NC)C(CC)N(CC(C)C)C(C)C. The second-order valence-electron chi connectivity index (χ2n) is 5.84. The molecule has 0 aromatic rings. The van der Waals surface area contributed by atoms with Gasteiger partial charge in [0.1, 0.15) is 0 Å². The van der Waals surface area contributed by atoms with Gasteiger partial charge >= 0.3 is 0 Å². The van der Waals surface area contributed by atoms with Crippen LogP contribution < -0.4 is 5.32 Å². The first kappa shape index (κ1) is 16.9. The number of hydrogen-bond donors (Lipinski definition) is 1. The Hall–Kier alpha value is -0.0800. The van der Waals surface area contributed by atoms with E-state index in [4.69, 9.17) is 0 Å². The highest BCUT2D eigenvalue weighted by Crippen LogP contribution is 2.18. The fourth-order valence-electron chi connectivity index (χ4n) is 2.74. The minimum absolute atomic E-state index is 0.631. The third-order valence-electron chi connectivity index (χ3n) is 3.52. The van der Waals surface area contributed by atoms with E-state index in [0.717, 1.165) is 5.92 Å². The van der Waals surface area contributed by atoms with Crippen LogP contribution in [0.2, 0.25) is 0 Å². The molecule has 0 saturated carbocycles. The maximum absolute atomic E-state index is 3.52. The molecule has 0 aromatic heterocycles. The zero-order valence-electron chi connectivity index (χ0n) is 13.1. The third kappa shape index (κ3) is 5.87. The molecule has 17 heavy (non-hydrogen) atoms. The van der Waals surface area contributed by atoms with Crippen LogP contribution in [-0.4, -0.2) is 36.6 Å². The van der Waals surface area contributed by atoms with Gasteiger partial charge in [-0.15, -0.1) is 0 Å². The van der Waals surface area contributed by atoms with Crippen molar-refractivity contribution < 1.29 is 0 Å². The predicted octanol–water partition coefficient (Wildman–Crippen LogP) is 3.52. The van der Waals surface area contributed by atoms with Crippen molar-refractivity contribution in [2.45, 2.75) is 78.9 Å². The van der Waals surface area contributed by atoms with Crippen LogP contribution in [0.1, 0.15) is 60.8 Å². The summed E-state index contributed by atoms with van der Waals surface area (Å²) in [6.45, 7) is 15.1. The Morgan fingerprint density at radius 1 is 1.06 bits per heavy atom. The van der Waals surface area contributed by atoms with Gasteiger partial charge < -0.3 is 5.32 Å². The number of likely N-dealkylation sites (N-methyl/N-ethyl adjacent to an activating group) is 1. The average molecular weight is 242 g/mol. The molecule has 0 fully saturated rings. The molecule has 0 aliphatic rings. The Bertz CT molecular complexity index is 178. The standard InChI is InChI=1S/C15H34N2/c1-8-10-14(16-7)15(9-2)17(13(5)6)11-12(3)4/h12-16H,8-11H2,1-7H3. The van der Waals surface area contributed by atoms with Crippen molar-refractivity contribution >= 4 is 0 Å². The minimum Gasteiger partial charge on any atom is -0.315 e. The Morgan fingerprint density at radius 3 is 1.94 bits per heavy atom. The van der Waals surface area contributed by atoms with Crippen LogP contribution in [-0.2, 0) is 0 Å². The molecule has 0 saturated heterocycles. The molecule has 0 amide bonds. The normalized spacial score (nSPS) is 15.9. The summed E-state index contributed by atoms with van der Waals surface area (Å²) >= 11 is 0. The van der Waals surface area contributed by atoms with Gasteiger partial charge in [0.05, 0.1) is 0 Å². The highest BCUT2D eigenvalue weighted by molar-refractivity contribution is 4.85. The molecule has 0 radical (unpaired) electrons. The average Bonchev–Trinajstić information content (AvgIpc) is 2.26. The molecule has 2 heteroatoms. The van der Waals surface area contributed by atoms with Crippen molar-refractivity contribution in [2.24, 2.45) is 5.92 Å². The van der Waals surface area contributed by atoms with E-state index in [-0.39, 0.29) is 0 Å². The molecule has 0 bridgehead atoms. The summed E-state index contributed by atoms with van der Waals surface area (Å²) in [6, 6.07) is 1.93. The lowest BCUT2D eigenvalue weighted by Crippen LogP contribution is -2.52. The molecule has 104 valence electrons. The van der Waals surface area contributed by atoms with E-state index < -0.39 is 0 Å². The van der Waals surface area contributed by atoms with Crippen LogP contribution in [0.15, 0.2) is 0 Å². The molecule has 0 spiro atoms. The van der Waals surface area contributed by atoms with Crippen LogP contribution >= 0.6 is 0 Å². The van der Waals surface area contributed by atoms with Crippen LogP contribution in [0.4, 0.5) is 0 Å². The summed E-state index contributed by atoms with van der Waals surface area (Å²) in [4.78, 5) is 2.68. The summed E-state index contributed by atoms with van der Waals surface area (Å²) < 4.78 is 0. The highest BCUT2D eigenvalue weighted by Gasteiger charge is 2.26. The Balaban J connectivity index is 4.73. The van der Waals surface area contributed by atoms with Gasteiger partial charge in [-0.3, -0.25) is 4.90 Å². The zero-order valence-corrected chi connectivity index (χ0v) is 13.1. The van der Waals surface area contributed by atoms with E-state index in [1.807, 2.05) is 0 Å². The van der Waals surface area contributed by atoms with Gasteiger partial charge in [-0.1, -0.05) is 34.1 Å². The lowest BCUT2D eigenvalue weighted by Gasteiger charge is -2.40. The van der Waals surface area contributed by atoms with Crippen molar-refractivity contribution in [2.75, 3.05) is 13.6 Å². The van der Waals surface area contributed by atoms with Crippen LogP contribution in [0, 0.1) is 5.92 Å². The third-order valence-corrected chi connectivity index (χ3v) is 3.52. The molecule has 2 atom stereocenters. The minimum atomic E-state index is 0.631. The van der Waals surface area contributed by atoms with Gasteiger partial charge in [0.2, 0.25) is 0 Å². The predicted molar refractivity (Wildman–Crippen MR) is 78.5 cm³/mol. The lowest BCUT2D eigenvalue weighted by molar-refractivity contribution is 0.101. The van der Waals surface area contributed by atoms with Crippen LogP contribution in [0.3, 0.4) is 0 Å². The molecular weight excluding hydrogens is 208 g/mol. The van der Waals surface area contributed by atoms with Crippen LogP contribution in [0.25, 0.3) is 0 Å². The van der Waals surface area contributed by atoms with Crippen molar-refractivity contribution in [3.05, 3.63) is 0 Å². The van der Waals surface area contributed by atoms with E-state index >= 15 is 0 Å². The van der Waals surface area contributed by atoms with Crippen molar-refractivity contribution in [1.82, 2.24) is 10.2 Å². The molecule has 0 aromatic carbocycles. The molecule has 0 heterocycles. The van der Waals surface area contributed by atoms with Gasteiger partial charge in [-0.05, 0) is 39.7 Å². The van der Waals surface area contributed by atoms with Gasteiger partial charge in [-0.25, -0.2) is 0 Å². The maximum atomic E-state index is 3.52. The molecule has 0 aliphatic carbocycles. The quantitative estimate of drug-likeness (QED) is 0.665. The fraction of sp³-hybridized carbons (Fsp3) is 1.00. The Kier molecular flexibility index (Phi) is 8.89. The molecule has 0 rings (SSSR count). The van der Waals surface area contributed by atoms with Crippen molar-refractivity contribution in [3.63, 3.8) is 0 Å². The molecule has 1 N–H and O–H groups in total. The molecular formula is C15H34N2. The number of nitrogens with one attached hydrogen (secondary N) is 1. The second-order valence-corrected chi connectivity index (χ2v) is 5.84. The van der Waals surface area contributed by atoms with E-state index in [2.05, 4.69) is 58.8 Å². The number of hydrogen-bond acceptors (Lipinski definition) is 2. The summed E-state index contributed by atoms with van der Waals surface area (Å²) in [5.41, 5.74) is 0. The Morgan fingerprint density at radius 2 is 1.65 bits per heavy atom. The van der Waals surface area contributed by atoms with E-state index in [9.17, 15) is 0 Å². The monoisotopic (exact) mass is 242 g/mol. The van der Waals surface area contributed by atoms with Crippen molar-refractivity contribution in [3.8, 4) is 0 Å². The first-order chi connectivity index (χ1) is 7.97. The zero-order chi connectivity index (χ0) is 13.4. The molecule has 2 nitrogen and oxygen atoms in total. The summed E-state index contributed by atoms with van der Waals surface area (Å²) in [5, 5.41) is 3.52. The van der Waals surface area contributed by atoms with Gasteiger partial charge in [0, 0.05) is 24.7 Å². The van der Waals surface area contributed by atoms with E-state index in [1.165, 1.54) is 25.8 Å². The van der Waals surface area contributed by atoms with Crippen LogP contribution in [0.5, 0.6) is 0 Å². The molecule has 0 aliphatic heterocycles.